The van der Waals surface area contributed by atoms with E-state index in [4.69, 9.17) is 9.72 Å². The van der Waals surface area contributed by atoms with Gasteiger partial charge in [-0.1, -0.05) is 39.0 Å². The van der Waals surface area contributed by atoms with Gasteiger partial charge in [0.25, 0.3) is 10.0 Å². The quantitative estimate of drug-likeness (QED) is 0.648. The molecule has 4 rings (SSSR count). The first kappa shape index (κ1) is 20.9. The van der Waals surface area contributed by atoms with Crippen molar-refractivity contribution in [1.29, 1.82) is 0 Å². The number of anilines is 1. The summed E-state index contributed by atoms with van der Waals surface area (Å²) in [7, 11) is -3.63. The molecule has 1 aliphatic rings. The molecule has 2 aromatic carbocycles. The molecule has 6 nitrogen and oxygen atoms in total. The van der Waals surface area contributed by atoms with Gasteiger partial charge in [0.05, 0.1) is 21.6 Å². The van der Waals surface area contributed by atoms with Crippen LogP contribution in [0, 0.1) is 5.92 Å². The molecule has 0 unspecified atom stereocenters. The number of ether oxygens (including phenoxy) is 1. The van der Waals surface area contributed by atoms with Crippen molar-refractivity contribution in [2.24, 2.45) is 5.92 Å². The van der Waals surface area contributed by atoms with Crippen LogP contribution in [0.15, 0.2) is 53.4 Å². The number of nitrogens with one attached hydrogen (secondary N) is 1. The van der Waals surface area contributed by atoms with Crippen LogP contribution in [0.5, 0.6) is 0 Å². The summed E-state index contributed by atoms with van der Waals surface area (Å²) in [6.45, 7) is 9.01. The maximum absolute atomic E-state index is 12.7. The summed E-state index contributed by atoms with van der Waals surface area (Å²) < 4.78 is 35.9. The summed E-state index contributed by atoms with van der Waals surface area (Å²) in [5.41, 5.74) is 2.24. The van der Waals surface area contributed by atoms with Gasteiger partial charge in [-0.05, 0) is 49.1 Å². The molecular formula is C23H29N3O3S. The Balaban J connectivity index is 1.69. The average Bonchev–Trinajstić information content (AvgIpc) is 3.07. The first-order chi connectivity index (χ1) is 14.2. The zero-order valence-electron chi connectivity index (χ0n) is 17.8. The molecule has 1 fully saturated rings. The van der Waals surface area contributed by atoms with E-state index in [1.807, 2.05) is 18.2 Å². The first-order valence-electron chi connectivity index (χ1n) is 10.4. The van der Waals surface area contributed by atoms with Crippen molar-refractivity contribution in [1.82, 2.24) is 9.55 Å². The number of hydrogen-bond acceptors (Lipinski definition) is 4. The van der Waals surface area contributed by atoms with Crippen molar-refractivity contribution in [3.63, 3.8) is 0 Å². The van der Waals surface area contributed by atoms with E-state index in [1.54, 1.807) is 30.3 Å². The molecular weight excluding hydrogens is 398 g/mol. The number of imidazole rings is 1. The van der Waals surface area contributed by atoms with Crippen LogP contribution in [0.25, 0.3) is 11.0 Å². The summed E-state index contributed by atoms with van der Waals surface area (Å²) in [5.74, 6) is 1.58. The van der Waals surface area contributed by atoms with Crippen LogP contribution in [-0.2, 0) is 26.7 Å². The zero-order chi connectivity index (χ0) is 21.4. The van der Waals surface area contributed by atoms with Crippen LogP contribution in [0.1, 0.15) is 39.4 Å². The Bertz CT molecular complexity index is 1130. The third-order valence-corrected chi connectivity index (χ3v) is 6.90. The highest BCUT2D eigenvalue weighted by molar-refractivity contribution is 7.92. The predicted octanol–water partition coefficient (Wildman–Crippen LogP) is 4.56. The number of hydrogen-bond donors (Lipinski definition) is 1. The topological polar surface area (TPSA) is 73.2 Å². The van der Waals surface area contributed by atoms with Gasteiger partial charge >= 0.3 is 0 Å². The number of benzene rings is 2. The van der Waals surface area contributed by atoms with Crippen molar-refractivity contribution in [3.05, 3.63) is 54.4 Å². The largest absolute Gasteiger partial charge is 0.381 e. The van der Waals surface area contributed by atoms with E-state index in [-0.39, 0.29) is 10.3 Å². The van der Waals surface area contributed by atoms with Crippen LogP contribution in [0.3, 0.4) is 0 Å². The molecule has 3 aromatic rings. The summed E-state index contributed by atoms with van der Waals surface area (Å²) in [5, 5.41) is 0. The van der Waals surface area contributed by atoms with Crippen molar-refractivity contribution >= 4 is 26.7 Å². The van der Waals surface area contributed by atoms with Crippen molar-refractivity contribution in [2.45, 2.75) is 50.5 Å². The van der Waals surface area contributed by atoms with Crippen molar-refractivity contribution in [2.75, 3.05) is 17.9 Å². The highest BCUT2D eigenvalue weighted by Gasteiger charge is 2.26. The Morgan fingerprint density at radius 2 is 1.80 bits per heavy atom. The van der Waals surface area contributed by atoms with E-state index in [1.165, 1.54) is 0 Å². The summed E-state index contributed by atoms with van der Waals surface area (Å²) in [4.78, 5) is 5.15. The molecule has 0 spiro atoms. The van der Waals surface area contributed by atoms with Crippen molar-refractivity contribution in [3.8, 4) is 0 Å². The normalized spacial score (nSPS) is 16.1. The Kier molecular flexibility index (Phi) is 5.59. The number of fused-ring (bicyclic) bond motifs is 1. The predicted molar refractivity (Wildman–Crippen MR) is 119 cm³/mol. The fourth-order valence-electron chi connectivity index (χ4n) is 3.95. The maximum Gasteiger partial charge on any atom is 0.261 e. The average molecular weight is 428 g/mol. The Morgan fingerprint density at radius 3 is 2.47 bits per heavy atom. The third kappa shape index (κ3) is 4.37. The minimum absolute atomic E-state index is 0.117. The van der Waals surface area contributed by atoms with E-state index in [0.29, 0.717) is 11.6 Å². The monoisotopic (exact) mass is 427 g/mol. The van der Waals surface area contributed by atoms with Crippen LogP contribution >= 0.6 is 0 Å². The molecule has 0 bridgehead atoms. The molecule has 1 aromatic heterocycles. The summed E-state index contributed by atoms with van der Waals surface area (Å²) >= 11 is 0. The molecule has 0 radical (unpaired) electrons. The van der Waals surface area contributed by atoms with Gasteiger partial charge in [-0.3, -0.25) is 4.72 Å². The SMILES string of the molecule is CC(C)(C)c1nc2cc(NS(=O)(=O)c3ccccc3)ccc2n1CC1CCOCC1. The molecule has 0 saturated carbocycles. The number of rotatable bonds is 5. The molecule has 1 aliphatic heterocycles. The van der Waals surface area contributed by atoms with E-state index in [2.05, 4.69) is 30.1 Å². The molecule has 1 N–H and O–H groups in total. The lowest BCUT2D eigenvalue weighted by atomic mass is 9.94. The Morgan fingerprint density at radius 1 is 1.10 bits per heavy atom. The second kappa shape index (κ2) is 8.04. The van der Waals surface area contributed by atoms with Gasteiger partial charge in [-0.2, -0.15) is 0 Å². The van der Waals surface area contributed by atoms with Gasteiger partial charge in [-0.15, -0.1) is 0 Å². The molecule has 7 heteroatoms. The third-order valence-electron chi connectivity index (χ3n) is 5.51. The molecule has 30 heavy (non-hydrogen) atoms. The van der Waals surface area contributed by atoms with Crippen LogP contribution in [-0.4, -0.2) is 31.2 Å². The van der Waals surface area contributed by atoms with Gasteiger partial charge < -0.3 is 9.30 Å². The summed E-state index contributed by atoms with van der Waals surface area (Å²) in [6, 6.07) is 14.0. The fraction of sp³-hybridized carbons (Fsp3) is 0.435. The summed E-state index contributed by atoms with van der Waals surface area (Å²) in [6.07, 6.45) is 2.11. The smallest absolute Gasteiger partial charge is 0.261 e. The van der Waals surface area contributed by atoms with Gasteiger partial charge in [0.1, 0.15) is 5.82 Å². The van der Waals surface area contributed by atoms with E-state index in [0.717, 1.165) is 49.5 Å². The fourth-order valence-corrected chi connectivity index (χ4v) is 5.02. The van der Waals surface area contributed by atoms with Crippen LogP contribution in [0.2, 0.25) is 0 Å². The lowest BCUT2D eigenvalue weighted by Gasteiger charge is -2.26. The highest BCUT2D eigenvalue weighted by Crippen LogP contribution is 2.31. The first-order valence-corrected chi connectivity index (χ1v) is 11.9. The number of aromatic nitrogens is 2. The second-order valence-corrected chi connectivity index (χ2v) is 10.7. The minimum atomic E-state index is -3.63. The molecule has 1 saturated heterocycles. The van der Waals surface area contributed by atoms with Gasteiger partial charge in [0.2, 0.25) is 0 Å². The van der Waals surface area contributed by atoms with Gasteiger partial charge in [-0.25, -0.2) is 13.4 Å². The van der Waals surface area contributed by atoms with Crippen LogP contribution in [0.4, 0.5) is 5.69 Å². The molecule has 160 valence electrons. The van der Waals surface area contributed by atoms with Crippen molar-refractivity contribution < 1.29 is 13.2 Å². The molecule has 0 atom stereocenters. The van der Waals surface area contributed by atoms with Crippen LogP contribution < -0.4 is 4.72 Å². The minimum Gasteiger partial charge on any atom is -0.381 e. The zero-order valence-corrected chi connectivity index (χ0v) is 18.6. The second-order valence-electron chi connectivity index (χ2n) is 8.97. The Labute approximate surface area is 178 Å². The van der Waals surface area contributed by atoms with E-state index in [9.17, 15) is 8.42 Å². The highest BCUT2D eigenvalue weighted by atomic mass is 32.2. The molecule has 0 aliphatic carbocycles. The van der Waals surface area contributed by atoms with E-state index >= 15 is 0 Å². The Hall–Kier alpha value is -2.38. The maximum atomic E-state index is 12.7. The molecule has 2 heterocycles. The van der Waals surface area contributed by atoms with Gasteiger partial charge in [0.15, 0.2) is 0 Å². The lowest BCUT2D eigenvalue weighted by molar-refractivity contribution is 0.0611. The van der Waals surface area contributed by atoms with Gasteiger partial charge in [0, 0.05) is 25.2 Å². The standard InChI is InChI=1S/C23H29N3O3S/c1-23(2,3)22-24-20-15-18(25-30(27,28)19-7-5-4-6-8-19)9-10-21(20)26(22)16-17-11-13-29-14-12-17/h4-10,15,17,25H,11-14,16H2,1-3H3. The number of sulfonamides is 1. The molecule has 0 amide bonds. The van der Waals surface area contributed by atoms with E-state index < -0.39 is 10.0 Å². The number of nitrogens with zero attached hydrogens (tertiary/aromatic N) is 2. The lowest BCUT2D eigenvalue weighted by Crippen LogP contribution is -2.25.